The van der Waals surface area contributed by atoms with E-state index in [-0.39, 0.29) is 11.3 Å². The van der Waals surface area contributed by atoms with Crippen molar-refractivity contribution in [2.75, 3.05) is 18.8 Å². The van der Waals surface area contributed by atoms with E-state index in [4.69, 9.17) is 10.8 Å². The second-order valence-electron chi connectivity index (χ2n) is 5.40. The Balaban J connectivity index is 2.11. The summed E-state index contributed by atoms with van der Waals surface area (Å²) < 4.78 is 13.7. The number of nitrogens with two attached hydrogens (primary N) is 1. The van der Waals surface area contributed by atoms with Crippen LogP contribution in [-0.4, -0.2) is 35.0 Å². The molecule has 6 heteroatoms. The molecule has 20 heavy (non-hydrogen) atoms. The smallest absolute Gasteiger partial charge is 0.309 e. The number of piperidine rings is 1. The van der Waals surface area contributed by atoms with Gasteiger partial charge in [0, 0.05) is 18.8 Å². The molecule has 0 bridgehead atoms. The van der Waals surface area contributed by atoms with E-state index in [1.54, 1.807) is 6.92 Å². The van der Waals surface area contributed by atoms with E-state index in [0.717, 1.165) is 6.07 Å². The molecule has 1 aliphatic rings. The van der Waals surface area contributed by atoms with E-state index >= 15 is 0 Å². The number of carboxylic acid groups (broad SMARTS) is 1. The molecule has 3 N–H and O–H groups in total. The van der Waals surface area contributed by atoms with Crippen molar-refractivity contribution in [1.29, 1.82) is 0 Å². The average Bonchev–Trinajstić information content (AvgIpc) is 2.38. The van der Waals surface area contributed by atoms with Gasteiger partial charge in [-0.1, -0.05) is 0 Å². The summed E-state index contributed by atoms with van der Waals surface area (Å²) in [6.45, 7) is 2.29. The Hall–Kier alpha value is -2.11. The minimum atomic E-state index is -0.858. The molecular weight excluding hydrogens is 263 g/mol. The van der Waals surface area contributed by atoms with Crippen LogP contribution in [0.4, 0.5) is 10.1 Å². The molecule has 0 aromatic heterocycles. The summed E-state index contributed by atoms with van der Waals surface area (Å²) in [4.78, 5) is 24.8. The fraction of sp³-hybridized carbons (Fsp3) is 0.429. The van der Waals surface area contributed by atoms with Crippen molar-refractivity contribution in [3.63, 3.8) is 0 Å². The van der Waals surface area contributed by atoms with Crippen molar-refractivity contribution < 1.29 is 19.1 Å². The van der Waals surface area contributed by atoms with Crippen molar-refractivity contribution in [2.45, 2.75) is 19.8 Å². The van der Waals surface area contributed by atoms with Crippen LogP contribution in [0.15, 0.2) is 18.2 Å². The lowest BCUT2D eigenvalue weighted by Gasteiger charge is -2.36. The first kappa shape index (κ1) is 14.3. The number of nitrogen functional groups attached to an aromatic ring is 1. The monoisotopic (exact) mass is 280 g/mol. The highest BCUT2D eigenvalue weighted by Crippen LogP contribution is 2.31. The van der Waals surface area contributed by atoms with Crippen LogP contribution in [0.3, 0.4) is 0 Å². The van der Waals surface area contributed by atoms with Gasteiger partial charge in [0.05, 0.1) is 11.0 Å². The van der Waals surface area contributed by atoms with Crippen LogP contribution in [0, 0.1) is 11.2 Å². The number of likely N-dealkylation sites (tertiary alicyclic amines) is 1. The van der Waals surface area contributed by atoms with Gasteiger partial charge in [-0.3, -0.25) is 9.59 Å². The average molecular weight is 280 g/mol. The third-order valence-corrected chi connectivity index (χ3v) is 3.89. The van der Waals surface area contributed by atoms with Gasteiger partial charge in [0.2, 0.25) is 0 Å². The van der Waals surface area contributed by atoms with Crippen LogP contribution in [0.2, 0.25) is 0 Å². The highest BCUT2D eigenvalue weighted by Gasteiger charge is 2.38. The Bertz CT molecular complexity index is 551. The van der Waals surface area contributed by atoms with Gasteiger partial charge in [0.25, 0.3) is 5.91 Å². The SMILES string of the molecule is CC1(C(=O)O)CCN(C(=O)c2ccc(N)cc2F)CC1. The van der Waals surface area contributed by atoms with E-state index in [2.05, 4.69) is 0 Å². The number of hydrogen-bond acceptors (Lipinski definition) is 3. The van der Waals surface area contributed by atoms with Gasteiger partial charge < -0.3 is 15.7 Å². The van der Waals surface area contributed by atoms with Crippen molar-refractivity contribution in [3.05, 3.63) is 29.6 Å². The predicted octanol–water partition coefficient (Wildman–Crippen LogP) is 1.73. The lowest BCUT2D eigenvalue weighted by molar-refractivity contribution is -0.150. The number of carbonyl (C=O) groups is 2. The molecule has 1 aliphatic heterocycles. The van der Waals surface area contributed by atoms with E-state index in [1.807, 2.05) is 0 Å². The Morgan fingerprint density at radius 1 is 1.35 bits per heavy atom. The Labute approximate surface area is 116 Å². The zero-order chi connectivity index (χ0) is 14.9. The highest BCUT2D eigenvalue weighted by molar-refractivity contribution is 5.95. The van der Waals surface area contributed by atoms with E-state index in [1.165, 1.54) is 17.0 Å². The van der Waals surface area contributed by atoms with Crippen molar-refractivity contribution in [3.8, 4) is 0 Å². The summed E-state index contributed by atoms with van der Waals surface area (Å²) in [6.07, 6.45) is 0.731. The molecule has 0 saturated carbocycles. The summed E-state index contributed by atoms with van der Waals surface area (Å²) in [7, 11) is 0. The highest BCUT2D eigenvalue weighted by atomic mass is 19.1. The molecule has 1 aromatic rings. The first-order valence-electron chi connectivity index (χ1n) is 6.41. The first-order chi connectivity index (χ1) is 9.33. The number of amides is 1. The minimum absolute atomic E-state index is 0.0295. The van der Waals surface area contributed by atoms with Crippen LogP contribution in [-0.2, 0) is 4.79 Å². The number of carbonyl (C=O) groups excluding carboxylic acids is 1. The predicted molar refractivity (Wildman–Crippen MR) is 71.7 cm³/mol. The molecule has 0 unspecified atom stereocenters. The molecule has 108 valence electrons. The first-order valence-corrected chi connectivity index (χ1v) is 6.41. The number of rotatable bonds is 2. The zero-order valence-corrected chi connectivity index (χ0v) is 11.2. The second kappa shape index (κ2) is 5.11. The van der Waals surface area contributed by atoms with Crippen LogP contribution < -0.4 is 5.73 Å². The van der Waals surface area contributed by atoms with Crippen LogP contribution in [0.25, 0.3) is 0 Å². The largest absolute Gasteiger partial charge is 0.481 e. The van der Waals surface area contributed by atoms with Crippen molar-refractivity contribution in [1.82, 2.24) is 4.90 Å². The Morgan fingerprint density at radius 3 is 2.45 bits per heavy atom. The molecule has 1 saturated heterocycles. The molecule has 1 amide bonds. The van der Waals surface area contributed by atoms with E-state index in [0.29, 0.717) is 25.9 Å². The maximum absolute atomic E-state index is 13.7. The molecule has 2 rings (SSSR count). The molecular formula is C14H17FN2O3. The third-order valence-electron chi connectivity index (χ3n) is 3.89. The van der Waals surface area contributed by atoms with Gasteiger partial charge in [0.15, 0.2) is 0 Å². The molecule has 0 atom stereocenters. The topological polar surface area (TPSA) is 83.6 Å². The standard InChI is InChI=1S/C14H17FN2O3/c1-14(13(19)20)4-6-17(7-5-14)12(18)10-3-2-9(16)8-11(10)15/h2-3,8H,4-7,16H2,1H3,(H,19,20). The van der Waals surface area contributed by atoms with Gasteiger partial charge in [-0.05, 0) is 38.0 Å². The zero-order valence-electron chi connectivity index (χ0n) is 11.2. The second-order valence-corrected chi connectivity index (χ2v) is 5.40. The number of nitrogens with zero attached hydrogens (tertiary/aromatic N) is 1. The Morgan fingerprint density at radius 2 is 1.95 bits per heavy atom. The normalized spacial score (nSPS) is 17.8. The molecule has 5 nitrogen and oxygen atoms in total. The molecule has 1 heterocycles. The van der Waals surface area contributed by atoms with Gasteiger partial charge in [-0.2, -0.15) is 0 Å². The lowest BCUT2D eigenvalue weighted by Crippen LogP contribution is -2.45. The van der Waals surface area contributed by atoms with Crippen molar-refractivity contribution in [2.24, 2.45) is 5.41 Å². The summed E-state index contributed by atoms with van der Waals surface area (Å²) in [5.41, 5.74) is 4.87. The Kier molecular flexibility index (Phi) is 3.65. The van der Waals surface area contributed by atoms with Crippen LogP contribution in [0.5, 0.6) is 0 Å². The number of carboxylic acids is 1. The lowest BCUT2D eigenvalue weighted by atomic mass is 9.80. The maximum Gasteiger partial charge on any atom is 0.309 e. The summed E-state index contributed by atoms with van der Waals surface area (Å²) in [5.74, 6) is -1.93. The van der Waals surface area contributed by atoms with Gasteiger partial charge in [-0.15, -0.1) is 0 Å². The number of benzene rings is 1. The molecule has 0 aliphatic carbocycles. The third kappa shape index (κ3) is 2.59. The molecule has 0 spiro atoms. The quantitative estimate of drug-likeness (QED) is 0.808. The summed E-state index contributed by atoms with van der Waals surface area (Å²) >= 11 is 0. The number of halogens is 1. The molecule has 1 fully saturated rings. The van der Waals surface area contributed by atoms with E-state index < -0.39 is 23.1 Å². The molecule has 1 aromatic carbocycles. The number of aliphatic carboxylic acids is 1. The van der Waals surface area contributed by atoms with Gasteiger partial charge in [0.1, 0.15) is 5.82 Å². The minimum Gasteiger partial charge on any atom is -0.481 e. The summed E-state index contributed by atoms with van der Waals surface area (Å²) in [5, 5.41) is 9.14. The van der Waals surface area contributed by atoms with Crippen LogP contribution >= 0.6 is 0 Å². The van der Waals surface area contributed by atoms with Crippen molar-refractivity contribution >= 4 is 17.6 Å². The van der Waals surface area contributed by atoms with E-state index in [9.17, 15) is 14.0 Å². The molecule has 0 radical (unpaired) electrons. The number of hydrogen-bond donors (Lipinski definition) is 2. The van der Waals surface area contributed by atoms with Gasteiger partial charge >= 0.3 is 5.97 Å². The maximum atomic E-state index is 13.7. The van der Waals surface area contributed by atoms with Gasteiger partial charge in [-0.25, -0.2) is 4.39 Å². The van der Waals surface area contributed by atoms with Crippen LogP contribution in [0.1, 0.15) is 30.1 Å². The fourth-order valence-corrected chi connectivity index (χ4v) is 2.29. The summed E-state index contributed by atoms with van der Waals surface area (Å²) in [6, 6.07) is 3.94. The fourth-order valence-electron chi connectivity index (χ4n) is 2.29. The number of anilines is 1.